The molecule has 3 N–H and O–H groups in total. The predicted octanol–water partition coefficient (Wildman–Crippen LogP) is 1.58. The summed E-state index contributed by atoms with van der Waals surface area (Å²) in [5, 5.41) is 2.50. The maximum atomic E-state index is 11.9. The van der Waals surface area contributed by atoms with Crippen molar-refractivity contribution in [1.29, 1.82) is 0 Å². The minimum absolute atomic E-state index is 0.0352. The number of amides is 1. The highest BCUT2D eigenvalue weighted by Gasteiger charge is 2.30. The van der Waals surface area contributed by atoms with Gasteiger partial charge in [-0.15, -0.1) is 0 Å². The molecule has 1 unspecified atom stereocenters. The molecule has 1 aromatic carbocycles. The molecule has 0 aliphatic carbocycles. The number of benzene rings is 1. The summed E-state index contributed by atoms with van der Waals surface area (Å²) in [4.78, 5) is 11.2. The number of hydrogen-bond donors (Lipinski definition) is 2. The Morgan fingerprint density at radius 2 is 2.12 bits per heavy atom. The minimum Gasteiger partial charge on any atom is -0.484 e. The molecular weight excluding hydrogens is 237 g/mol. The molecular formula is C10H9F3N2O2. The topological polar surface area (TPSA) is 64.4 Å². The van der Waals surface area contributed by atoms with Gasteiger partial charge in [0.15, 0.2) is 6.61 Å². The van der Waals surface area contributed by atoms with Crippen molar-refractivity contribution < 1.29 is 22.7 Å². The van der Waals surface area contributed by atoms with Crippen LogP contribution in [0.5, 0.6) is 5.75 Å². The molecule has 0 radical (unpaired) electrons. The second-order valence-corrected chi connectivity index (χ2v) is 3.62. The number of fused-ring (bicyclic) bond motifs is 1. The van der Waals surface area contributed by atoms with E-state index in [1.54, 1.807) is 0 Å². The molecule has 1 heterocycles. The van der Waals surface area contributed by atoms with E-state index in [0.717, 1.165) is 0 Å². The quantitative estimate of drug-likeness (QED) is 0.832. The third kappa shape index (κ3) is 2.50. The first-order chi connectivity index (χ1) is 7.87. The molecule has 1 aliphatic heterocycles. The first-order valence-corrected chi connectivity index (χ1v) is 4.77. The number of anilines is 1. The third-order valence-electron chi connectivity index (χ3n) is 2.30. The summed E-state index contributed by atoms with van der Waals surface area (Å²) in [6.07, 6.45) is -4.39. The summed E-state index contributed by atoms with van der Waals surface area (Å²) in [5.41, 5.74) is 6.49. The van der Waals surface area contributed by atoms with Crippen molar-refractivity contribution >= 4 is 11.6 Å². The number of hydrogen-bond acceptors (Lipinski definition) is 3. The summed E-state index contributed by atoms with van der Waals surface area (Å²) in [6, 6.07) is 3.29. The van der Waals surface area contributed by atoms with Crippen molar-refractivity contribution in [2.45, 2.75) is 12.2 Å². The average molecular weight is 246 g/mol. The van der Waals surface area contributed by atoms with E-state index in [1.165, 1.54) is 18.2 Å². The van der Waals surface area contributed by atoms with E-state index in [4.69, 9.17) is 5.73 Å². The Kier molecular flexibility index (Phi) is 2.70. The van der Waals surface area contributed by atoms with Crippen LogP contribution in [0.15, 0.2) is 18.2 Å². The van der Waals surface area contributed by atoms with Gasteiger partial charge in [0.2, 0.25) is 5.91 Å². The molecule has 2 rings (SSSR count). The van der Waals surface area contributed by atoms with Crippen LogP contribution in [-0.4, -0.2) is 18.7 Å². The van der Waals surface area contributed by atoms with Gasteiger partial charge in [-0.25, -0.2) is 0 Å². The lowest BCUT2D eigenvalue weighted by molar-refractivity contribution is -0.153. The minimum atomic E-state index is -4.39. The van der Waals surface area contributed by atoms with Gasteiger partial charge in [0.25, 0.3) is 0 Å². The van der Waals surface area contributed by atoms with Gasteiger partial charge < -0.3 is 15.8 Å². The van der Waals surface area contributed by atoms with E-state index in [0.29, 0.717) is 11.3 Å². The van der Waals surface area contributed by atoms with Crippen molar-refractivity contribution in [2.24, 2.45) is 5.73 Å². The van der Waals surface area contributed by atoms with Crippen LogP contribution in [-0.2, 0) is 4.79 Å². The number of carbonyl (C=O) groups excluding carboxylic acids is 1. The van der Waals surface area contributed by atoms with Crippen LogP contribution in [0.1, 0.15) is 11.6 Å². The number of carbonyl (C=O) groups is 1. The zero-order valence-corrected chi connectivity index (χ0v) is 8.54. The maximum Gasteiger partial charge on any atom is 0.422 e. The Balaban J connectivity index is 2.15. The zero-order chi connectivity index (χ0) is 12.6. The zero-order valence-electron chi connectivity index (χ0n) is 8.54. The maximum absolute atomic E-state index is 11.9. The highest BCUT2D eigenvalue weighted by molar-refractivity contribution is 6.02. The smallest absolute Gasteiger partial charge is 0.422 e. The van der Waals surface area contributed by atoms with Gasteiger partial charge in [0.1, 0.15) is 11.8 Å². The van der Waals surface area contributed by atoms with Crippen LogP contribution in [0.3, 0.4) is 0 Å². The van der Waals surface area contributed by atoms with Crippen LogP contribution in [0.25, 0.3) is 0 Å². The van der Waals surface area contributed by atoms with E-state index >= 15 is 0 Å². The fraction of sp³-hybridized carbons (Fsp3) is 0.300. The number of nitrogens with one attached hydrogen (secondary N) is 1. The first-order valence-electron chi connectivity index (χ1n) is 4.77. The SMILES string of the molecule is NC1C(=O)Nc2ccc(OCC(F)(F)F)cc21. The number of ether oxygens (including phenoxy) is 1. The highest BCUT2D eigenvalue weighted by atomic mass is 19.4. The van der Waals surface area contributed by atoms with Crippen LogP contribution in [0.4, 0.5) is 18.9 Å². The average Bonchev–Trinajstić information content (AvgIpc) is 2.51. The second kappa shape index (κ2) is 3.92. The fourth-order valence-corrected chi connectivity index (χ4v) is 1.52. The van der Waals surface area contributed by atoms with E-state index in [2.05, 4.69) is 10.1 Å². The number of nitrogens with two attached hydrogens (primary N) is 1. The van der Waals surface area contributed by atoms with E-state index in [1.807, 2.05) is 0 Å². The molecule has 1 aromatic rings. The summed E-state index contributed by atoms with van der Waals surface area (Å²) in [5.74, 6) is -0.346. The lowest BCUT2D eigenvalue weighted by Gasteiger charge is -2.10. The standard InChI is InChI=1S/C10H9F3N2O2/c11-10(12,13)4-17-5-1-2-7-6(3-5)8(14)9(16)15-7/h1-3,8H,4,14H2,(H,15,16). The monoisotopic (exact) mass is 246 g/mol. The molecule has 4 nitrogen and oxygen atoms in total. The summed E-state index contributed by atoms with van der Waals surface area (Å²) >= 11 is 0. The summed E-state index contributed by atoms with van der Waals surface area (Å²) < 4.78 is 40.4. The molecule has 0 fully saturated rings. The molecule has 0 spiro atoms. The fourth-order valence-electron chi connectivity index (χ4n) is 1.52. The van der Waals surface area contributed by atoms with E-state index < -0.39 is 18.8 Å². The van der Waals surface area contributed by atoms with Crippen molar-refractivity contribution in [3.05, 3.63) is 23.8 Å². The third-order valence-corrected chi connectivity index (χ3v) is 2.30. The number of alkyl halides is 3. The van der Waals surface area contributed by atoms with Crippen LogP contribution in [0.2, 0.25) is 0 Å². The Bertz CT molecular complexity index is 459. The largest absolute Gasteiger partial charge is 0.484 e. The Labute approximate surface area is 94.5 Å². The number of halogens is 3. The van der Waals surface area contributed by atoms with Gasteiger partial charge in [-0.2, -0.15) is 13.2 Å². The second-order valence-electron chi connectivity index (χ2n) is 3.62. The molecule has 1 aliphatic rings. The molecule has 92 valence electrons. The van der Waals surface area contributed by atoms with Gasteiger partial charge in [0, 0.05) is 11.3 Å². The van der Waals surface area contributed by atoms with Crippen LogP contribution < -0.4 is 15.8 Å². The van der Waals surface area contributed by atoms with Crippen molar-refractivity contribution in [1.82, 2.24) is 0 Å². The van der Waals surface area contributed by atoms with Gasteiger partial charge in [0.05, 0.1) is 0 Å². The van der Waals surface area contributed by atoms with E-state index in [-0.39, 0.29) is 11.7 Å². The summed E-state index contributed by atoms with van der Waals surface area (Å²) in [7, 11) is 0. The van der Waals surface area contributed by atoms with Gasteiger partial charge >= 0.3 is 6.18 Å². The van der Waals surface area contributed by atoms with Gasteiger partial charge in [-0.05, 0) is 18.2 Å². The highest BCUT2D eigenvalue weighted by Crippen LogP contribution is 2.32. The molecule has 0 saturated carbocycles. The molecule has 17 heavy (non-hydrogen) atoms. The molecule has 0 aromatic heterocycles. The first kappa shape index (κ1) is 11.7. The molecule has 7 heteroatoms. The Hall–Kier alpha value is -1.76. The molecule has 1 amide bonds. The van der Waals surface area contributed by atoms with Crippen molar-refractivity contribution in [3.63, 3.8) is 0 Å². The van der Waals surface area contributed by atoms with Crippen molar-refractivity contribution in [3.8, 4) is 5.75 Å². The summed E-state index contributed by atoms with van der Waals surface area (Å²) in [6.45, 7) is -1.37. The van der Waals surface area contributed by atoms with Gasteiger partial charge in [-0.3, -0.25) is 4.79 Å². The van der Waals surface area contributed by atoms with Crippen molar-refractivity contribution in [2.75, 3.05) is 11.9 Å². The Morgan fingerprint density at radius 1 is 1.41 bits per heavy atom. The van der Waals surface area contributed by atoms with Gasteiger partial charge in [-0.1, -0.05) is 0 Å². The molecule has 1 atom stereocenters. The lowest BCUT2D eigenvalue weighted by atomic mass is 10.1. The normalized spacial score (nSPS) is 18.8. The predicted molar refractivity (Wildman–Crippen MR) is 53.6 cm³/mol. The van der Waals surface area contributed by atoms with Crippen LogP contribution >= 0.6 is 0 Å². The molecule has 0 saturated heterocycles. The van der Waals surface area contributed by atoms with E-state index in [9.17, 15) is 18.0 Å². The number of rotatable bonds is 2. The lowest BCUT2D eigenvalue weighted by Crippen LogP contribution is -2.20. The Morgan fingerprint density at radius 3 is 2.76 bits per heavy atom. The van der Waals surface area contributed by atoms with Crippen LogP contribution in [0, 0.1) is 0 Å². The molecule has 0 bridgehead atoms.